The number of para-hydroxylation sites is 2. The molecule has 1 aliphatic heterocycles. The Hall–Kier alpha value is -2.60. The van der Waals surface area contributed by atoms with Crippen LogP contribution in [0.2, 0.25) is 5.02 Å². The number of pyridine rings is 1. The van der Waals surface area contributed by atoms with Crippen molar-refractivity contribution in [3.8, 4) is 0 Å². The maximum Gasteiger partial charge on any atom is 0.266 e. The van der Waals surface area contributed by atoms with Crippen LogP contribution >= 0.6 is 11.6 Å². The van der Waals surface area contributed by atoms with Crippen LogP contribution in [-0.2, 0) is 0 Å². The molecule has 0 spiro atoms. The minimum Gasteiger partial charge on any atom is -0.342 e. The fourth-order valence-electron chi connectivity index (χ4n) is 3.31. The monoisotopic (exact) mass is 356 g/mol. The number of halogens is 1. The number of piperidine rings is 1. The molecule has 6 nitrogen and oxygen atoms in total. The average molecular weight is 357 g/mol. The Kier molecular flexibility index (Phi) is 4.05. The number of imidazole rings is 1. The van der Waals surface area contributed by atoms with E-state index < -0.39 is 5.56 Å². The van der Waals surface area contributed by atoms with Gasteiger partial charge in [0.15, 0.2) is 0 Å². The normalized spacial score (nSPS) is 17.8. The van der Waals surface area contributed by atoms with Crippen LogP contribution in [0.15, 0.2) is 41.3 Å². The third-order valence-electron chi connectivity index (χ3n) is 4.61. The van der Waals surface area contributed by atoms with Crippen LogP contribution < -0.4 is 5.56 Å². The van der Waals surface area contributed by atoms with E-state index in [2.05, 4.69) is 15.0 Å². The number of rotatable bonds is 2. The zero-order chi connectivity index (χ0) is 17.4. The molecule has 3 aromatic rings. The summed E-state index contributed by atoms with van der Waals surface area (Å²) in [4.78, 5) is 36.4. The van der Waals surface area contributed by atoms with Crippen LogP contribution in [0.1, 0.15) is 34.9 Å². The van der Waals surface area contributed by atoms with E-state index in [1.165, 1.54) is 12.3 Å². The van der Waals surface area contributed by atoms with E-state index in [0.717, 1.165) is 29.7 Å². The maximum absolute atomic E-state index is 12.7. The minimum atomic E-state index is -0.392. The van der Waals surface area contributed by atoms with Crippen LogP contribution in [0, 0.1) is 0 Å². The lowest BCUT2D eigenvalue weighted by atomic mass is 9.97. The summed E-state index contributed by atoms with van der Waals surface area (Å²) in [5.74, 6) is 0.959. The number of nitrogens with zero attached hydrogens (tertiary/aromatic N) is 2. The number of benzene rings is 1. The predicted octanol–water partition coefficient (Wildman–Crippen LogP) is 2.92. The standard InChI is InChI=1S/C18H17ClN4O2/c19-13-8-12(9-20-17(13)24)18(25)23-7-3-4-11(10-23)16-21-14-5-1-2-6-15(14)22-16/h1-2,5-6,8-9,11H,3-4,7,10H2,(H,20,24)(H,21,22)/t11-/m1/s1. The molecule has 4 rings (SSSR count). The van der Waals surface area contributed by atoms with Crippen molar-refractivity contribution in [3.63, 3.8) is 0 Å². The predicted molar refractivity (Wildman–Crippen MR) is 96.0 cm³/mol. The van der Waals surface area contributed by atoms with Gasteiger partial charge in [-0.1, -0.05) is 23.7 Å². The van der Waals surface area contributed by atoms with Gasteiger partial charge in [0.2, 0.25) is 0 Å². The summed E-state index contributed by atoms with van der Waals surface area (Å²) in [6.45, 7) is 1.28. The number of fused-ring (bicyclic) bond motifs is 1. The highest BCUT2D eigenvalue weighted by Gasteiger charge is 2.27. The van der Waals surface area contributed by atoms with Crippen LogP contribution in [0.3, 0.4) is 0 Å². The number of carbonyl (C=O) groups excluding carboxylic acids is 1. The van der Waals surface area contributed by atoms with E-state index in [1.54, 1.807) is 4.90 Å². The highest BCUT2D eigenvalue weighted by atomic mass is 35.5. The summed E-state index contributed by atoms with van der Waals surface area (Å²) in [5.41, 5.74) is 1.95. The smallest absolute Gasteiger partial charge is 0.266 e. The minimum absolute atomic E-state index is 0.0247. The number of aromatic nitrogens is 3. The molecule has 2 N–H and O–H groups in total. The number of hydrogen-bond acceptors (Lipinski definition) is 3. The molecule has 25 heavy (non-hydrogen) atoms. The van der Waals surface area contributed by atoms with E-state index in [1.807, 2.05) is 24.3 Å². The van der Waals surface area contributed by atoms with Gasteiger partial charge < -0.3 is 14.9 Å². The largest absolute Gasteiger partial charge is 0.342 e. The van der Waals surface area contributed by atoms with Crippen LogP contribution in [-0.4, -0.2) is 38.8 Å². The molecule has 7 heteroatoms. The number of carbonyl (C=O) groups is 1. The summed E-state index contributed by atoms with van der Waals surface area (Å²) in [7, 11) is 0. The summed E-state index contributed by atoms with van der Waals surface area (Å²) >= 11 is 5.84. The lowest BCUT2D eigenvalue weighted by Gasteiger charge is -2.31. The molecule has 0 bridgehead atoms. The number of nitrogens with one attached hydrogen (secondary N) is 2. The fourth-order valence-corrected chi connectivity index (χ4v) is 3.48. The molecular formula is C18H17ClN4O2. The Labute approximate surface area is 148 Å². The highest BCUT2D eigenvalue weighted by Crippen LogP contribution is 2.27. The van der Waals surface area contributed by atoms with Gasteiger partial charge in [0.25, 0.3) is 11.5 Å². The van der Waals surface area contributed by atoms with E-state index in [4.69, 9.17) is 11.6 Å². The quantitative estimate of drug-likeness (QED) is 0.740. The van der Waals surface area contributed by atoms with Crippen LogP contribution in [0.25, 0.3) is 11.0 Å². The van der Waals surface area contributed by atoms with Crippen molar-refractivity contribution in [2.45, 2.75) is 18.8 Å². The number of likely N-dealkylation sites (tertiary alicyclic amines) is 1. The van der Waals surface area contributed by atoms with Crippen molar-refractivity contribution in [3.05, 3.63) is 63.3 Å². The van der Waals surface area contributed by atoms with Gasteiger partial charge in [-0.2, -0.15) is 0 Å². The molecule has 1 aromatic carbocycles. The Balaban J connectivity index is 1.56. The van der Waals surface area contributed by atoms with E-state index in [-0.39, 0.29) is 16.8 Å². The molecule has 0 aliphatic carbocycles. The zero-order valence-electron chi connectivity index (χ0n) is 13.5. The molecule has 0 radical (unpaired) electrons. The molecule has 0 unspecified atom stereocenters. The van der Waals surface area contributed by atoms with Crippen molar-refractivity contribution in [1.82, 2.24) is 19.9 Å². The topological polar surface area (TPSA) is 81.8 Å². The van der Waals surface area contributed by atoms with Gasteiger partial charge in [-0.15, -0.1) is 0 Å². The van der Waals surface area contributed by atoms with Crippen LogP contribution in [0.5, 0.6) is 0 Å². The molecule has 3 heterocycles. The molecule has 1 fully saturated rings. The first kappa shape index (κ1) is 15.9. The Bertz CT molecular complexity index is 961. The first-order chi connectivity index (χ1) is 12.1. The lowest BCUT2D eigenvalue weighted by molar-refractivity contribution is 0.0704. The second-order valence-corrected chi connectivity index (χ2v) is 6.70. The van der Waals surface area contributed by atoms with Gasteiger partial charge in [0, 0.05) is 25.2 Å². The van der Waals surface area contributed by atoms with Crippen molar-refractivity contribution < 1.29 is 4.79 Å². The Morgan fingerprint density at radius 3 is 2.96 bits per heavy atom. The van der Waals surface area contributed by atoms with Crippen molar-refractivity contribution in [2.75, 3.05) is 13.1 Å². The number of hydrogen-bond donors (Lipinski definition) is 2. The SMILES string of the molecule is O=C(c1c[nH]c(=O)c(Cl)c1)N1CCC[C@@H](c2nc3ccccc3[nH]2)C1. The molecule has 1 amide bonds. The second-order valence-electron chi connectivity index (χ2n) is 6.29. The second kappa shape index (κ2) is 6.37. The van der Waals surface area contributed by atoms with Crippen molar-refractivity contribution in [2.24, 2.45) is 0 Å². The lowest BCUT2D eigenvalue weighted by Crippen LogP contribution is -2.39. The third-order valence-corrected chi connectivity index (χ3v) is 4.89. The average Bonchev–Trinajstić information content (AvgIpc) is 3.08. The fraction of sp³-hybridized carbons (Fsp3) is 0.278. The number of H-pyrrole nitrogens is 2. The van der Waals surface area contributed by atoms with Gasteiger partial charge in [-0.25, -0.2) is 4.98 Å². The Morgan fingerprint density at radius 2 is 2.16 bits per heavy atom. The first-order valence-corrected chi connectivity index (χ1v) is 8.62. The van der Waals surface area contributed by atoms with Gasteiger partial charge in [-0.05, 0) is 31.0 Å². The number of amides is 1. The van der Waals surface area contributed by atoms with E-state index in [0.29, 0.717) is 18.7 Å². The maximum atomic E-state index is 12.7. The summed E-state index contributed by atoms with van der Waals surface area (Å²) in [6, 6.07) is 9.33. The summed E-state index contributed by atoms with van der Waals surface area (Å²) in [5, 5.41) is 0.0247. The summed E-state index contributed by atoms with van der Waals surface area (Å²) in [6.07, 6.45) is 3.31. The van der Waals surface area contributed by atoms with E-state index >= 15 is 0 Å². The molecule has 1 aliphatic rings. The molecule has 128 valence electrons. The van der Waals surface area contributed by atoms with Crippen LogP contribution in [0.4, 0.5) is 0 Å². The van der Waals surface area contributed by atoms with Crippen molar-refractivity contribution >= 4 is 28.5 Å². The first-order valence-electron chi connectivity index (χ1n) is 8.24. The zero-order valence-corrected chi connectivity index (χ0v) is 14.2. The highest BCUT2D eigenvalue weighted by molar-refractivity contribution is 6.30. The molecular weight excluding hydrogens is 340 g/mol. The molecule has 0 saturated carbocycles. The van der Waals surface area contributed by atoms with Gasteiger partial charge in [0.1, 0.15) is 10.8 Å². The third kappa shape index (κ3) is 3.05. The molecule has 1 saturated heterocycles. The van der Waals surface area contributed by atoms with Crippen molar-refractivity contribution in [1.29, 1.82) is 0 Å². The van der Waals surface area contributed by atoms with Gasteiger partial charge in [0.05, 0.1) is 16.6 Å². The Morgan fingerprint density at radius 1 is 1.32 bits per heavy atom. The van der Waals surface area contributed by atoms with Gasteiger partial charge >= 0.3 is 0 Å². The van der Waals surface area contributed by atoms with Gasteiger partial charge in [-0.3, -0.25) is 9.59 Å². The number of aromatic amines is 2. The summed E-state index contributed by atoms with van der Waals surface area (Å²) < 4.78 is 0. The molecule has 2 aromatic heterocycles. The molecule has 1 atom stereocenters. The van der Waals surface area contributed by atoms with E-state index in [9.17, 15) is 9.59 Å².